The molecule has 2 aromatic rings. The Labute approximate surface area is 169 Å². The first kappa shape index (κ1) is 20.2. The van der Waals surface area contributed by atoms with Crippen molar-refractivity contribution in [2.24, 2.45) is 0 Å². The van der Waals surface area contributed by atoms with Crippen LogP contribution in [0, 0.1) is 11.8 Å². The smallest absolute Gasteiger partial charge is 0.337 e. The number of nitrogens with one attached hydrogen (secondary N) is 1. The van der Waals surface area contributed by atoms with Crippen LogP contribution in [0.15, 0.2) is 42.5 Å². The maximum atomic E-state index is 11.8. The largest absolute Gasteiger partial charge is 0.478 e. The van der Waals surface area contributed by atoms with Gasteiger partial charge in [-0.3, -0.25) is 0 Å². The first-order valence-corrected chi connectivity index (χ1v) is 9.24. The molecule has 29 heavy (non-hydrogen) atoms. The summed E-state index contributed by atoms with van der Waals surface area (Å²) in [6, 6.07) is 12.2. The normalized spacial score (nSPS) is 13.2. The third kappa shape index (κ3) is 5.27. The minimum Gasteiger partial charge on any atom is -0.478 e. The second-order valence-electron chi connectivity index (χ2n) is 6.79. The summed E-state index contributed by atoms with van der Waals surface area (Å²) < 4.78 is 5.37. The Bertz CT molecular complexity index is 952. The van der Waals surface area contributed by atoms with Gasteiger partial charge in [0.05, 0.1) is 24.5 Å². The summed E-state index contributed by atoms with van der Waals surface area (Å²) >= 11 is 0. The van der Waals surface area contributed by atoms with Crippen LogP contribution < -0.4 is 10.2 Å². The number of hydrogen-bond acceptors (Lipinski definition) is 4. The van der Waals surface area contributed by atoms with Gasteiger partial charge in [0.15, 0.2) is 0 Å². The molecule has 0 unspecified atom stereocenters. The van der Waals surface area contributed by atoms with E-state index in [0.29, 0.717) is 5.56 Å². The zero-order valence-corrected chi connectivity index (χ0v) is 16.4. The molecule has 2 N–H and O–H groups in total. The van der Waals surface area contributed by atoms with E-state index in [-0.39, 0.29) is 11.3 Å². The Morgan fingerprint density at radius 2 is 1.66 bits per heavy atom. The number of anilines is 2. The van der Waals surface area contributed by atoms with Gasteiger partial charge in [0.1, 0.15) is 0 Å². The fourth-order valence-electron chi connectivity index (χ4n) is 2.86. The fraction of sp³-hybridized carbons (Fsp3) is 0.273. The Morgan fingerprint density at radius 1 is 1.03 bits per heavy atom. The molecule has 2 aromatic carbocycles. The first-order valence-electron chi connectivity index (χ1n) is 9.24. The molecule has 0 radical (unpaired) electrons. The van der Waals surface area contributed by atoms with Gasteiger partial charge in [-0.05, 0) is 42.5 Å². The van der Waals surface area contributed by atoms with Crippen molar-refractivity contribution in [3.63, 3.8) is 0 Å². The number of nitrogens with zero attached hydrogens (tertiary/aromatic N) is 2. The number of rotatable bonds is 3. The van der Waals surface area contributed by atoms with Gasteiger partial charge in [-0.25, -0.2) is 9.59 Å². The average molecular weight is 393 g/mol. The van der Waals surface area contributed by atoms with Gasteiger partial charge < -0.3 is 25.0 Å². The average Bonchev–Trinajstić information content (AvgIpc) is 2.73. The van der Waals surface area contributed by atoms with Crippen molar-refractivity contribution in [1.82, 2.24) is 4.90 Å². The summed E-state index contributed by atoms with van der Waals surface area (Å²) in [5.74, 6) is 4.92. The standard InChI is InChI=1S/C22H23N3O4/c1-24(2)22(28)23-20-10-7-17(15-19(20)21(26)27)4-3-16-5-8-18(9-6-16)25-11-13-29-14-12-25/h5-10,15H,11-14H2,1-2H3,(H,23,28)(H,26,27). The van der Waals surface area contributed by atoms with Crippen LogP contribution in [0.5, 0.6) is 0 Å². The number of carbonyl (C=O) groups is 2. The molecule has 1 aliphatic rings. The molecule has 150 valence electrons. The first-order chi connectivity index (χ1) is 13.9. The van der Waals surface area contributed by atoms with Crippen molar-refractivity contribution in [3.05, 3.63) is 59.2 Å². The summed E-state index contributed by atoms with van der Waals surface area (Å²) in [6.45, 7) is 3.22. The molecule has 0 atom stereocenters. The minimum atomic E-state index is -1.13. The quantitative estimate of drug-likeness (QED) is 0.784. The van der Waals surface area contributed by atoms with Crippen LogP contribution in [0.3, 0.4) is 0 Å². The van der Waals surface area contributed by atoms with Crippen LogP contribution in [-0.2, 0) is 4.74 Å². The van der Waals surface area contributed by atoms with E-state index in [1.165, 1.54) is 11.0 Å². The van der Waals surface area contributed by atoms with Crippen LogP contribution in [0.2, 0.25) is 0 Å². The van der Waals surface area contributed by atoms with E-state index < -0.39 is 12.0 Å². The number of benzene rings is 2. The molecule has 7 heteroatoms. The number of aromatic carboxylic acids is 1. The Balaban J connectivity index is 1.76. The molecule has 0 aromatic heterocycles. The van der Waals surface area contributed by atoms with Crippen LogP contribution in [0.25, 0.3) is 0 Å². The summed E-state index contributed by atoms with van der Waals surface area (Å²) in [6.07, 6.45) is 0. The lowest BCUT2D eigenvalue weighted by Gasteiger charge is -2.28. The molecule has 1 fully saturated rings. The van der Waals surface area contributed by atoms with E-state index in [9.17, 15) is 14.7 Å². The molecule has 3 rings (SSSR count). The lowest BCUT2D eigenvalue weighted by atomic mass is 10.1. The molecule has 1 heterocycles. The van der Waals surface area contributed by atoms with E-state index in [1.54, 1.807) is 26.2 Å². The SMILES string of the molecule is CN(C)C(=O)Nc1ccc(C#Cc2ccc(N3CCOCC3)cc2)cc1C(=O)O. The predicted octanol–water partition coefficient (Wildman–Crippen LogP) is 2.71. The highest BCUT2D eigenvalue weighted by Gasteiger charge is 2.14. The van der Waals surface area contributed by atoms with E-state index in [0.717, 1.165) is 37.6 Å². The van der Waals surface area contributed by atoms with E-state index in [1.807, 2.05) is 24.3 Å². The van der Waals surface area contributed by atoms with Gasteiger partial charge in [-0.1, -0.05) is 11.8 Å². The predicted molar refractivity (Wildman–Crippen MR) is 112 cm³/mol. The topological polar surface area (TPSA) is 82.1 Å². The molecule has 1 saturated heterocycles. The Hall–Kier alpha value is -3.50. The molecule has 7 nitrogen and oxygen atoms in total. The highest BCUT2D eigenvalue weighted by Crippen LogP contribution is 2.19. The zero-order valence-electron chi connectivity index (χ0n) is 16.4. The highest BCUT2D eigenvalue weighted by atomic mass is 16.5. The van der Waals surface area contributed by atoms with Crippen LogP contribution in [0.4, 0.5) is 16.2 Å². The Kier molecular flexibility index (Phi) is 6.37. The summed E-state index contributed by atoms with van der Waals surface area (Å²) in [5.41, 5.74) is 2.76. The molecule has 0 saturated carbocycles. The van der Waals surface area contributed by atoms with E-state index >= 15 is 0 Å². The van der Waals surface area contributed by atoms with Crippen LogP contribution >= 0.6 is 0 Å². The maximum Gasteiger partial charge on any atom is 0.337 e. The van der Waals surface area contributed by atoms with Gasteiger partial charge in [0.2, 0.25) is 0 Å². The number of carboxylic acid groups (broad SMARTS) is 1. The van der Waals surface area contributed by atoms with Gasteiger partial charge in [0.25, 0.3) is 0 Å². The van der Waals surface area contributed by atoms with Crippen molar-refractivity contribution in [1.29, 1.82) is 0 Å². The van der Waals surface area contributed by atoms with Crippen molar-refractivity contribution in [3.8, 4) is 11.8 Å². The molecule has 1 aliphatic heterocycles. The highest BCUT2D eigenvalue weighted by molar-refractivity contribution is 6.00. The van der Waals surface area contributed by atoms with Gasteiger partial charge >= 0.3 is 12.0 Å². The Morgan fingerprint density at radius 3 is 2.28 bits per heavy atom. The molecule has 0 aliphatic carbocycles. The van der Waals surface area contributed by atoms with Gasteiger partial charge in [-0.2, -0.15) is 0 Å². The lowest BCUT2D eigenvalue weighted by Crippen LogP contribution is -2.36. The lowest BCUT2D eigenvalue weighted by molar-refractivity contribution is 0.0698. The fourth-order valence-corrected chi connectivity index (χ4v) is 2.86. The number of ether oxygens (including phenoxy) is 1. The number of morpholine rings is 1. The summed E-state index contributed by atoms with van der Waals surface area (Å²) in [5, 5.41) is 12.0. The maximum absolute atomic E-state index is 11.8. The molecule has 0 bridgehead atoms. The number of amides is 2. The van der Waals surface area contributed by atoms with Gasteiger partial charge in [-0.15, -0.1) is 0 Å². The molecular weight excluding hydrogens is 370 g/mol. The van der Waals surface area contributed by atoms with Crippen LogP contribution in [-0.4, -0.2) is 62.4 Å². The van der Waals surface area contributed by atoms with Crippen molar-refractivity contribution >= 4 is 23.4 Å². The summed E-state index contributed by atoms with van der Waals surface area (Å²) in [7, 11) is 3.17. The third-order valence-corrected chi connectivity index (χ3v) is 4.49. The van der Waals surface area contributed by atoms with Crippen LogP contribution in [0.1, 0.15) is 21.5 Å². The third-order valence-electron chi connectivity index (χ3n) is 4.49. The van der Waals surface area contributed by atoms with Crippen molar-refractivity contribution in [2.45, 2.75) is 0 Å². The van der Waals surface area contributed by atoms with Crippen molar-refractivity contribution in [2.75, 3.05) is 50.6 Å². The number of carbonyl (C=O) groups excluding carboxylic acids is 1. The number of urea groups is 1. The second-order valence-corrected chi connectivity index (χ2v) is 6.79. The van der Waals surface area contributed by atoms with Crippen molar-refractivity contribution < 1.29 is 19.4 Å². The monoisotopic (exact) mass is 393 g/mol. The number of carboxylic acids is 1. The second kappa shape index (κ2) is 9.13. The summed E-state index contributed by atoms with van der Waals surface area (Å²) in [4.78, 5) is 27.0. The molecular formula is C22H23N3O4. The van der Waals surface area contributed by atoms with E-state index in [4.69, 9.17) is 4.74 Å². The van der Waals surface area contributed by atoms with E-state index in [2.05, 4.69) is 22.1 Å². The molecule has 0 spiro atoms. The minimum absolute atomic E-state index is 0.00494. The molecule has 2 amide bonds. The van der Waals surface area contributed by atoms with Gasteiger partial charge in [0, 0.05) is 44.0 Å². The number of hydrogen-bond donors (Lipinski definition) is 2. The zero-order chi connectivity index (χ0) is 20.8.